The molecule has 1 aromatic rings. The van der Waals surface area contributed by atoms with E-state index in [0.29, 0.717) is 25.0 Å². The fourth-order valence-corrected chi connectivity index (χ4v) is 1.40. The number of ether oxygens (including phenoxy) is 2. The second-order valence-corrected chi connectivity index (χ2v) is 3.43. The van der Waals surface area contributed by atoms with Crippen molar-refractivity contribution in [2.75, 3.05) is 26.3 Å². The summed E-state index contributed by atoms with van der Waals surface area (Å²) in [6.07, 6.45) is 0.128. The quantitative estimate of drug-likeness (QED) is 0.752. The van der Waals surface area contributed by atoms with Gasteiger partial charge in [-0.3, -0.25) is 0 Å². The first-order chi connectivity index (χ1) is 7.34. The lowest BCUT2D eigenvalue weighted by Gasteiger charge is -2.22. The van der Waals surface area contributed by atoms with Crippen molar-refractivity contribution in [2.24, 2.45) is 0 Å². The van der Waals surface area contributed by atoms with Crippen LogP contribution in [0.1, 0.15) is 11.8 Å². The SMILES string of the molecule is Cc1nnc(COCC2CNCCO2)o1. The summed E-state index contributed by atoms with van der Waals surface area (Å²) in [5.41, 5.74) is 0. The van der Waals surface area contributed by atoms with Crippen LogP contribution in [0.15, 0.2) is 4.42 Å². The minimum atomic E-state index is 0.128. The Hall–Kier alpha value is -0.980. The van der Waals surface area contributed by atoms with Gasteiger partial charge < -0.3 is 19.2 Å². The summed E-state index contributed by atoms with van der Waals surface area (Å²) >= 11 is 0. The Morgan fingerprint density at radius 1 is 1.53 bits per heavy atom. The molecule has 1 unspecified atom stereocenters. The normalized spacial score (nSPS) is 21.8. The summed E-state index contributed by atoms with van der Waals surface area (Å²) < 4.78 is 16.0. The first-order valence-corrected chi connectivity index (χ1v) is 5.03. The van der Waals surface area contributed by atoms with Gasteiger partial charge in [-0.25, -0.2) is 0 Å². The number of nitrogens with zero attached hydrogens (tertiary/aromatic N) is 2. The average molecular weight is 213 g/mol. The van der Waals surface area contributed by atoms with Crippen molar-refractivity contribution < 1.29 is 13.9 Å². The van der Waals surface area contributed by atoms with Crippen LogP contribution in [0.2, 0.25) is 0 Å². The zero-order chi connectivity index (χ0) is 10.5. The van der Waals surface area contributed by atoms with E-state index in [4.69, 9.17) is 13.9 Å². The molecule has 0 saturated carbocycles. The van der Waals surface area contributed by atoms with Gasteiger partial charge >= 0.3 is 0 Å². The molecular formula is C9H15N3O3. The number of nitrogens with one attached hydrogen (secondary N) is 1. The van der Waals surface area contributed by atoms with Crippen LogP contribution in [0.5, 0.6) is 0 Å². The minimum Gasteiger partial charge on any atom is -0.423 e. The van der Waals surface area contributed by atoms with Gasteiger partial charge in [-0.05, 0) is 0 Å². The number of hydrogen-bond acceptors (Lipinski definition) is 6. The Morgan fingerprint density at radius 2 is 2.47 bits per heavy atom. The van der Waals surface area contributed by atoms with Crippen LogP contribution in [0, 0.1) is 6.92 Å². The van der Waals surface area contributed by atoms with Crippen molar-refractivity contribution in [3.8, 4) is 0 Å². The lowest BCUT2D eigenvalue weighted by molar-refractivity contribution is -0.0392. The molecule has 6 heteroatoms. The van der Waals surface area contributed by atoms with Crippen molar-refractivity contribution in [2.45, 2.75) is 19.6 Å². The topological polar surface area (TPSA) is 69.4 Å². The molecule has 1 atom stereocenters. The van der Waals surface area contributed by atoms with E-state index in [2.05, 4.69) is 15.5 Å². The molecular weight excluding hydrogens is 198 g/mol. The third-order valence-corrected chi connectivity index (χ3v) is 2.10. The molecule has 0 aromatic carbocycles. The van der Waals surface area contributed by atoms with Crippen LogP contribution in [0.25, 0.3) is 0 Å². The highest BCUT2D eigenvalue weighted by atomic mass is 16.5. The van der Waals surface area contributed by atoms with Crippen LogP contribution in [-0.4, -0.2) is 42.6 Å². The fraction of sp³-hybridized carbons (Fsp3) is 0.778. The van der Waals surface area contributed by atoms with Crippen molar-refractivity contribution in [3.63, 3.8) is 0 Å². The summed E-state index contributed by atoms with van der Waals surface area (Å²) in [6.45, 7) is 5.15. The van der Waals surface area contributed by atoms with Gasteiger partial charge in [0.2, 0.25) is 11.8 Å². The third kappa shape index (κ3) is 3.26. The molecule has 6 nitrogen and oxygen atoms in total. The number of hydrogen-bond donors (Lipinski definition) is 1. The molecule has 0 bridgehead atoms. The lowest BCUT2D eigenvalue weighted by Crippen LogP contribution is -2.40. The van der Waals surface area contributed by atoms with E-state index in [9.17, 15) is 0 Å². The van der Waals surface area contributed by atoms with E-state index in [-0.39, 0.29) is 6.10 Å². The molecule has 1 aromatic heterocycles. The highest BCUT2D eigenvalue weighted by molar-refractivity contribution is 4.76. The second-order valence-electron chi connectivity index (χ2n) is 3.43. The van der Waals surface area contributed by atoms with Gasteiger partial charge in [0.25, 0.3) is 0 Å². The molecule has 0 amide bonds. The first kappa shape index (κ1) is 10.5. The largest absolute Gasteiger partial charge is 0.423 e. The molecule has 84 valence electrons. The second kappa shape index (κ2) is 5.20. The molecule has 2 heterocycles. The molecule has 15 heavy (non-hydrogen) atoms. The van der Waals surface area contributed by atoms with E-state index in [1.807, 2.05) is 0 Å². The Balaban J connectivity index is 1.65. The Morgan fingerprint density at radius 3 is 3.13 bits per heavy atom. The maximum absolute atomic E-state index is 5.47. The number of rotatable bonds is 4. The summed E-state index contributed by atoms with van der Waals surface area (Å²) in [4.78, 5) is 0. The van der Waals surface area contributed by atoms with Gasteiger partial charge in [0.15, 0.2) is 0 Å². The zero-order valence-electron chi connectivity index (χ0n) is 8.73. The monoisotopic (exact) mass is 213 g/mol. The highest BCUT2D eigenvalue weighted by Gasteiger charge is 2.13. The van der Waals surface area contributed by atoms with Gasteiger partial charge in [-0.1, -0.05) is 0 Å². The van der Waals surface area contributed by atoms with Gasteiger partial charge in [-0.2, -0.15) is 0 Å². The molecule has 1 aliphatic rings. The van der Waals surface area contributed by atoms with Gasteiger partial charge in [0.05, 0.1) is 19.3 Å². The zero-order valence-corrected chi connectivity index (χ0v) is 8.73. The molecule has 2 rings (SSSR count). The van der Waals surface area contributed by atoms with Crippen molar-refractivity contribution in [1.29, 1.82) is 0 Å². The van der Waals surface area contributed by atoms with E-state index < -0.39 is 0 Å². The predicted octanol–water partition coefficient (Wildman–Crippen LogP) is -0.117. The summed E-state index contributed by atoms with van der Waals surface area (Å²) in [6, 6.07) is 0. The summed E-state index contributed by atoms with van der Waals surface area (Å²) in [5.74, 6) is 1.07. The maximum atomic E-state index is 5.47. The fourth-order valence-electron chi connectivity index (χ4n) is 1.40. The van der Waals surface area contributed by atoms with Crippen LogP contribution < -0.4 is 5.32 Å². The van der Waals surface area contributed by atoms with Gasteiger partial charge in [0, 0.05) is 20.0 Å². The number of aromatic nitrogens is 2. The standard InChI is InChI=1S/C9H15N3O3/c1-7-11-12-9(15-7)6-13-5-8-4-10-2-3-14-8/h8,10H,2-6H2,1H3. The molecule has 1 saturated heterocycles. The Bertz CT molecular complexity index is 297. The van der Waals surface area contributed by atoms with Crippen molar-refractivity contribution in [3.05, 3.63) is 11.8 Å². The lowest BCUT2D eigenvalue weighted by atomic mass is 10.3. The van der Waals surface area contributed by atoms with Gasteiger partial charge in [-0.15, -0.1) is 10.2 Å². The molecule has 1 aliphatic heterocycles. The minimum absolute atomic E-state index is 0.128. The van der Waals surface area contributed by atoms with E-state index in [1.165, 1.54) is 0 Å². The van der Waals surface area contributed by atoms with Crippen molar-refractivity contribution >= 4 is 0 Å². The Labute approximate surface area is 88.0 Å². The van der Waals surface area contributed by atoms with E-state index in [1.54, 1.807) is 6.92 Å². The Kier molecular flexibility index (Phi) is 3.65. The molecule has 0 radical (unpaired) electrons. The molecule has 1 N–H and O–H groups in total. The number of morpholine rings is 1. The van der Waals surface area contributed by atoms with Gasteiger partial charge in [0.1, 0.15) is 6.61 Å². The smallest absolute Gasteiger partial charge is 0.242 e. The maximum Gasteiger partial charge on any atom is 0.242 e. The first-order valence-electron chi connectivity index (χ1n) is 5.03. The van der Waals surface area contributed by atoms with Crippen LogP contribution in [0.4, 0.5) is 0 Å². The van der Waals surface area contributed by atoms with Crippen LogP contribution >= 0.6 is 0 Å². The molecule has 1 fully saturated rings. The van der Waals surface area contributed by atoms with E-state index in [0.717, 1.165) is 19.7 Å². The van der Waals surface area contributed by atoms with Crippen LogP contribution in [-0.2, 0) is 16.1 Å². The van der Waals surface area contributed by atoms with Crippen LogP contribution in [0.3, 0.4) is 0 Å². The van der Waals surface area contributed by atoms with Crippen molar-refractivity contribution in [1.82, 2.24) is 15.5 Å². The van der Waals surface area contributed by atoms with E-state index >= 15 is 0 Å². The summed E-state index contributed by atoms with van der Waals surface area (Å²) in [7, 11) is 0. The third-order valence-electron chi connectivity index (χ3n) is 2.10. The number of aryl methyl sites for hydroxylation is 1. The molecule has 0 spiro atoms. The average Bonchev–Trinajstić information content (AvgIpc) is 2.66. The molecule has 0 aliphatic carbocycles. The highest BCUT2D eigenvalue weighted by Crippen LogP contribution is 2.02. The summed E-state index contributed by atoms with van der Waals surface area (Å²) in [5, 5.41) is 10.8. The predicted molar refractivity (Wildman–Crippen MR) is 51.3 cm³/mol.